The molecule has 0 unspecified atom stereocenters. The van der Waals surface area contributed by atoms with Crippen molar-refractivity contribution in [2.45, 2.75) is 13.5 Å². The Hall–Kier alpha value is -0.830. The molecule has 2 aromatic rings. The van der Waals surface area contributed by atoms with Crippen molar-refractivity contribution in [2.24, 2.45) is 0 Å². The Bertz CT molecular complexity index is 540. The number of fused-ring (bicyclic) bond motifs is 1. The van der Waals surface area contributed by atoms with E-state index in [1.54, 1.807) is 7.11 Å². The van der Waals surface area contributed by atoms with Gasteiger partial charge in [-0.3, -0.25) is 0 Å². The fraction of sp³-hybridized carbons (Fsp3) is 0.250. The van der Waals surface area contributed by atoms with E-state index >= 15 is 0 Å². The zero-order valence-electron chi connectivity index (χ0n) is 9.05. The Morgan fingerprint density at radius 2 is 1.94 bits per heavy atom. The molecule has 1 heterocycles. The summed E-state index contributed by atoms with van der Waals surface area (Å²) in [5.41, 5.74) is 2.58. The largest absolute Gasteiger partial charge is 0.378 e. The number of nitrogens with zero attached hydrogens (tertiary/aromatic N) is 1. The van der Waals surface area contributed by atoms with Crippen molar-refractivity contribution in [3.8, 4) is 0 Å². The third-order valence-electron chi connectivity index (χ3n) is 2.31. The molecule has 1 aromatic heterocycles. The Morgan fingerprint density at radius 1 is 1.19 bits per heavy atom. The van der Waals surface area contributed by atoms with Gasteiger partial charge in [0.15, 0.2) is 0 Å². The van der Waals surface area contributed by atoms with Gasteiger partial charge in [0.05, 0.1) is 27.9 Å². The lowest BCUT2D eigenvalue weighted by atomic mass is 10.1. The molecule has 0 fully saturated rings. The van der Waals surface area contributed by atoms with E-state index in [4.69, 9.17) is 27.9 Å². The lowest BCUT2D eigenvalue weighted by Crippen LogP contribution is -1.94. The maximum absolute atomic E-state index is 6.19. The number of ether oxygens (including phenoxy) is 1. The average molecular weight is 256 g/mol. The van der Waals surface area contributed by atoms with Crippen LogP contribution >= 0.6 is 23.2 Å². The van der Waals surface area contributed by atoms with Crippen LogP contribution in [-0.4, -0.2) is 12.1 Å². The predicted octanol–water partition coefficient (Wildman–Crippen LogP) is 4.00. The van der Waals surface area contributed by atoms with Gasteiger partial charge in [-0.25, -0.2) is 4.98 Å². The van der Waals surface area contributed by atoms with E-state index in [9.17, 15) is 0 Å². The summed E-state index contributed by atoms with van der Waals surface area (Å²) >= 11 is 12.3. The van der Waals surface area contributed by atoms with Crippen LogP contribution in [-0.2, 0) is 11.3 Å². The van der Waals surface area contributed by atoms with E-state index in [-0.39, 0.29) is 0 Å². The SMILES string of the molecule is COCc1cc(Cl)c2cc(C)cc(Cl)c2n1. The van der Waals surface area contributed by atoms with E-state index in [0.717, 1.165) is 22.2 Å². The van der Waals surface area contributed by atoms with E-state index in [1.807, 2.05) is 25.1 Å². The van der Waals surface area contributed by atoms with Gasteiger partial charge in [0, 0.05) is 12.5 Å². The van der Waals surface area contributed by atoms with Crippen LogP contribution in [0.1, 0.15) is 11.3 Å². The Labute approximate surface area is 104 Å². The molecule has 16 heavy (non-hydrogen) atoms. The first kappa shape index (κ1) is 11.6. The fourth-order valence-electron chi connectivity index (χ4n) is 1.65. The van der Waals surface area contributed by atoms with Crippen LogP contribution in [0, 0.1) is 6.92 Å². The second kappa shape index (κ2) is 4.58. The number of methoxy groups -OCH3 is 1. The topological polar surface area (TPSA) is 22.1 Å². The quantitative estimate of drug-likeness (QED) is 0.810. The molecule has 84 valence electrons. The highest BCUT2D eigenvalue weighted by Crippen LogP contribution is 2.29. The molecule has 0 spiro atoms. The summed E-state index contributed by atoms with van der Waals surface area (Å²) in [4.78, 5) is 4.43. The summed E-state index contributed by atoms with van der Waals surface area (Å²) in [7, 11) is 1.62. The molecule has 2 nitrogen and oxygen atoms in total. The number of pyridine rings is 1. The second-order valence-electron chi connectivity index (χ2n) is 3.67. The molecule has 0 saturated carbocycles. The first-order valence-corrected chi connectivity index (χ1v) is 5.61. The molecule has 4 heteroatoms. The van der Waals surface area contributed by atoms with Crippen LogP contribution in [0.3, 0.4) is 0 Å². The number of aromatic nitrogens is 1. The van der Waals surface area contributed by atoms with Gasteiger partial charge in [-0.1, -0.05) is 23.2 Å². The summed E-state index contributed by atoms with van der Waals surface area (Å²) < 4.78 is 5.03. The van der Waals surface area contributed by atoms with E-state index in [2.05, 4.69) is 4.98 Å². The molecule has 0 bridgehead atoms. The summed E-state index contributed by atoms with van der Waals surface area (Å²) in [6.45, 7) is 2.41. The van der Waals surface area contributed by atoms with Gasteiger partial charge >= 0.3 is 0 Å². The third kappa shape index (κ3) is 2.14. The van der Waals surface area contributed by atoms with Crippen LogP contribution in [0.2, 0.25) is 10.0 Å². The van der Waals surface area contributed by atoms with Gasteiger partial charge in [-0.2, -0.15) is 0 Å². The molecule has 1 aromatic carbocycles. The predicted molar refractivity (Wildman–Crippen MR) is 67.2 cm³/mol. The van der Waals surface area contributed by atoms with E-state index in [0.29, 0.717) is 16.7 Å². The minimum Gasteiger partial charge on any atom is -0.378 e. The second-order valence-corrected chi connectivity index (χ2v) is 4.49. The van der Waals surface area contributed by atoms with Crippen molar-refractivity contribution in [3.63, 3.8) is 0 Å². The minimum absolute atomic E-state index is 0.430. The summed E-state index contributed by atoms with van der Waals surface area (Å²) in [5.74, 6) is 0. The molecule has 0 aliphatic rings. The van der Waals surface area contributed by atoms with Gasteiger partial charge in [0.2, 0.25) is 0 Å². The first-order valence-electron chi connectivity index (χ1n) is 4.86. The maximum Gasteiger partial charge on any atom is 0.0907 e. The highest BCUT2D eigenvalue weighted by molar-refractivity contribution is 6.39. The monoisotopic (exact) mass is 255 g/mol. The van der Waals surface area contributed by atoms with E-state index in [1.165, 1.54) is 0 Å². The summed E-state index contributed by atoms with van der Waals surface area (Å²) in [5, 5.41) is 2.16. The third-order valence-corrected chi connectivity index (χ3v) is 2.91. The maximum atomic E-state index is 6.19. The molecule has 0 amide bonds. The number of halogens is 2. The number of hydrogen-bond acceptors (Lipinski definition) is 2. The highest BCUT2D eigenvalue weighted by atomic mass is 35.5. The number of benzene rings is 1. The molecular weight excluding hydrogens is 245 g/mol. The molecule has 0 radical (unpaired) electrons. The highest BCUT2D eigenvalue weighted by Gasteiger charge is 2.08. The molecular formula is C12H11Cl2NO. The number of rotatable bonds is 2. The average Bonchev–Trinajstić information content (AvgIpc) is 2.20. The zero-order chi connectivity index (χ0) is 11.7. The molecule has 0 atom stereocenters. The number of aryl methyl sites for hydroxylation is 1. The van der Waals surface area contributed by atoms with Gasteiger partial charge < -0.3 is 4.74 Å². The number of hydrogen-bond donors (Lipinski definition) is 0. The first-order chi connectivity index (χ1) is 7.61. The van der Waals surface area contributed by atoms with Gasteiger partial charge in [0.25, 0.3) is 0 Å². The minimum atomic E-state index is 0.430. The molecule has 0 saturated heterocycles. The molecule has 0 aliphatic carbocycles. The van der Waals surface area contributed by atoms with Crippen molar-refractivity contribution >= 4 is 34.1 Å². The normalized spacial score (nSPS) is 11.0. The Kier molecular flexibility index (Phi) is 3.33. The lowest BCUT2D eigenvalue weighted by molar-refractivity contribution is 0.182. The van der Waals surface area contributed by atoms with Crippen molar-refractivity contribution in [2.75, 3.05) is 7.11 Å². The van der Waals surface area contributed by atoms with Crippen LogP contribution in [0.4, 0.5) is 0 Å². The fourth-order valence-corrected chi connectivity index (χ4v) is 2.24. The Balaban J connectivity index is 2.71. The van der Waals surface area contributed by atoms with Crippen molar-refractivity contribution in [1.82, 2.24) is 4.98 Å². The Morgan fingerprint density at radius 3 is 2.62 bits per heavy atom. The lowest BCUT2D eigenvalue weighted by Gasteiger charge is -2.07. The van der Waals surface area contributed by atoms with Crippen LogP contribution in [0.15, 0.2) is 18.2 Å². The van der Waals surface area contributed by atoms with E-state index < -0.39 is 0 Å². The van der Waals surface area contributed by atoms with Crippen molar-refractivity contribution in [1.29, 1.82) is 0 Å². The van der Waals surface area contributed by atoms with Gasteiger partial charge in [-0.15, -0.1) is 0 Å². The van der Waals surface area contributed by atoms with Crippen LogP contribution in [0.25, 0.3) is 10.9 Å². The molecule has 0 N–H and O–H groups in total. The van der Waals surface area contributed by atoms with Crippen LogP contribution < -0.4 is 0 Å². The van der Waals surface area contributed by atoms with Crippen molar-refractivity contribution in [3.05, 3.63) is 39.5 Å². The van der Waals surface area contributed by atoms with Crippen LogP contribution in [0.5, 0.6) is 0 Å². The van der Waals surface area contributed by atoms with Gasteiger partial charge in [-0.05, 0) is 30.7 Å². The zero-order valence-corrected chi connectivity index (χ0v) is 10.6. The molecule has 0 aliphatic heterocycles. The molecule has 2 rings (SSSR count). The van der Waals surface area contributed by atoms with Crippen molar-refractivity contribution < 1.29 is 4.74 Å². The summed E-state index contributed by atoms with van der Waals surface area (Å²) in [6, 6.07) is 5.67. The van der Waals surface area contributed by atoms with Gasteiger partial charge in [0.1, 0.15) is 0 Å². The smallest absolute Gasteiger partial charge is 0.0907 e. The summed E-state index contributed by atoms with van der Waals surface area (Å²) in [6.07, 6.45) is 0. The standard InChI is InChI=1S/C12H11Cl2NO/c1-7-3-9-10(13)5-8(6-16-2)15-12(9)11(14)4-7/h3-5H,6H2,1-2H3.